The van der Waals surface area contributed by atoms with Crippen LogP contribution in [0.3, 0.4) is 0 Å². The normalized spacial score (nSPS) is 16.6. The maximum absolute atomic E-state index is 12.3. The molecule has 0 aromatic heterocycles. The monoisotopic (exact) mass is 316 g/mol. The lowest BCUT2D eigenvalue weighted by Crippen LogP contribution is -2.20. The first kappa shape index (κ1) is 15.0. The van der Waals surface area contributed by atoms with Crippen LogP contribution < -0.4 is 9.47 Å². The SMILES string of the molecule is CCOc1cc(C2CC(=O)c3c(O)cc(O)cc3O2)ccc1O. The minimum absolute atomic E-state index is 0.00780. The lowest BCUT2D eigenvalue weighted by Gasteiger charge is -2.26. The molecule has 1 heterocycles. The van der Waals surface area contributed by atoms with Gasteiger partial charge in [0.1, 0.15) is 28.9 Å². The Labute approximate surface area is 132 Å². The molecule has 120 valence electrons. The smallest absolute Gasteiger partial charge is 0.174 e. The molecule has 1 aliphatic heterocycles. The summed E-state index contributed by atoms with van der Waals surface area (Å²) in [5, 5.41) is 29.1. The number of hydrogen-bond donors (Lipinski definition) is 3. The van der Waals surface area contributed by atoms with E-state index in [0.29, 0.717) is 17.9 Å². The maximum Gasteiger partial charge on any atom is 0.174 e. The molecule has 0 bridgehead atoms. The van der Waals surface area contributed by atoms with Gasteiger partial charge in [0.05, 0.1) is 13.0 Å². The minimum Gasteiger partial charge on any atom is -0.508 e. The van der Waals surface area contributed by atoms with Crippen LogP contribution in [0, 0.1) is 0 Å². The number of rotatable bonds is 3. The number of fused-ring (bicyclic) bond motifs is 1. The predicted octanol–water partition coefficient (Wildman–Crippen LogP) is 2.91. The van der Waals surface area contributed by atoms with Gasteiger partial charge in [-0.25, -0.2) is 0 Å². The first-order valence-electron chi connectivity index (χ1n) is 7.21. The Bertz CT molecular complexity index is 768. The van der Waals surface area contributed by atoms with Crippen LogP contribution in [0.25, 0.3) is 0 Å². The molecular weight excluding hydrogens is 300 g/mol. The molecule has 0 amide bonds. The van der Waals surface area contributed by atoms with Gasteiger partial charge in [-0.2, -0.15) is 0 Å². The molecule has 1 atom stereocenters. The number of Topliss-reactive ketones (excluding diaryl/α,β-unsaturated/α-hetero) is 1. The van der Waals surface area contributed by atoms with Gasteiger partial charge < -0.3 is 24.8 Å². The number of carbonyl (C=O) groups excluding carboxylic acids is 1. The van der Waals surface area contributed by atoms with E-state index in [2.05, 4.69) is 0 Å². The van der Waals surface area contributed by atoms with E-state index >= 15 is 0 Å². The second-order valence-corrected chi connectivity index (χ2v) is 5.23. The Balaban J connectivity index is 1.97. The van der Waals surface area contributed by atoms with Gasteiger partial charge >= 0.3 is 0 Å². The Kier molecular flexibility index (Phi) is 3.73. The molecule has 23 heavy (non-hydrogen) atoms. The van der Waals surface area contributed by atoms with Gasteiger partial charge in [-0.1, -0.05) is 6.07 Å². The molecule has 1 aliphatic rings. The molecule has 0 fully saturated rings. The fourth-order valence-corrected chi connectivity index (χ4v) is 2.61. The highest BCUT2D eigenvalue weighted by Crippen LogP contribution is 2.42. The van der Waals surface area contributed by atoms with Crippen molar-refractivity contribution < 1.29 is 29.6 Å². The largest absolute Gasteiger partial charge is 0.508 e. The quantitative estimate of drug-likeness (QED) is 0.805. The highest BCUT2D eigenvalue weighted by molar-refractivity contribution is 6.02. The number of hydrogen-bond acceptors (Lipinski definition) is 6. The topological polar surface area (TPSA) is 96.2 Å². The van der Waals surface area contributed by atoms with Crippen LogP contribution in [0.4, 0.5) is 0 Å². The molecule has 3 rings (SSSR count). The number of ether oxygens (including phenoxy) is 2. The zero-order valence-electron chi connectivity index (χ0n) is 12.4. The van der Waals surface area contributed by atoms with Crippen LogP contribution in [0.5, 0.6) is 28.7 Å². The van der Waals surface area contributed by atoms with Crippen molar-refractivity contribution in [2.75, 3.05) is 6.61 Å². The van der Waals surface area contributed by atoms with E-state index < -0.39 is 6.10 Å². The van der Waals surface area contributed by atoms with E-state index in [1.54, 1.807) is 19.1 Å². The zero-order chi connectivity index (χ0) is 16.6. The van der Waals surface area contributed by atoms with Crippen molar-refractivity contribution in [3.8, 4) is 28.7 Å². The van der Waals surface area contributed by atoms with E-state index in [1.807, 2.05) is 0 Å². The van der Waals surface area contributed by atoms with Crippen LogP contribution in [0.1, 0.15) is 35.4 Å². The first-order valence-corrected chi connectivity index (χ1v) is 7.21. The molecule has 0 saturated heterocycles. The van der Waals surface area contributed by atoms with Crippen LogP contribution in [-0.2, 0) is 0 Å². The Hall–Kier alpha value is -2.89. The first-order chi connectivity index (χ1) is 11.0. The van der Waals surface area contributed by atoms with Gasteiger partial charge in [0.25, 0.3) is 0 Å². The zero-order valence-corrected chi connectivity index (χ0v) is 12.4. The number of ketones is 1. The summed E-state index contributed by atoms with van der Waals surface area (Å²) in [7, 11) is 0. The average Bonchev–Trinajstić information content (AvgIpc) is 2.48. The Morgan fingerprint density at radius 3 is 2.70 bits per heavy atom. The van der Waals surface area contributed by atoms with Crippen molar-refractivity contribution in [1.82, 2.24) is 0 Å². The second-order valence-electron chi connectivity index (χ2n) is 5.23. The van der Waals surface area contributed by atoms with Gasteiger partial charge in [-0.3, -0.25) is 4.79 Å². The molecule has 2 aromatic rings. The highest BCUT2D eigenvalue weighted by atomic mass is 16.5. The lowest BCUT2D eigenvalue weighted by molar-refractivity contribution is 0.0844. The summed E-state index contributed by atoms with van der Waals surface area (Å²) in [5.74, 6) is -0.312. The number of phenolic OH excluding ortho intramolecular Hbond substituents is 3. The summed E-state index contributed by atoms with van der Waals surface area (Å²) < 4.78 is 11.1. The highest BCUT2D eigenvalue weighted by Gasteiger charge is 2.31. The van der Waals surface area contributed by atoms with E-state index in [9.17, 15) is 20.1 Å². The number of benzene rings is 2. The maximum atomic E-state index is 12.3. The van der Waals surface area contributed by atoms with E-state index in [4.69, 9.17) is 9.47 Å². The summed E-state index contributed by atoms with van der Waals surface area (Å²) in [6, 6.07) is 7.13. The summed E-state index contributed by atoms with van der Waals surface area (Å²) in [6.07, 6.45) is -0.544. The standard InChI is InChI=1S/C17H16O6/c1-2-22-15-5-9(3-4-11(15)19)14-8-13(21)17-12(20)6-10(18)7-16(17)23-14/h3-7,14,18-20H,2,8H2,1H3. The van der Waals surface area contributed by atoms with E-state index in [0.717, 1.165) is 6.07 Å². The van der Waals surface area contributed by atoms with Crippen molar-refractivity contribution in [3.63, 3.8) is 0 Å². The molecule has 1 unspecified atom stereocenters. The van der Waals surface area contributed by atoms with Crippen LogP contribution in [-0.4, -0.2) is 27.7 Å². The average molecular weight is 316 g/mol. The Morgan fingerprint density at radius 2 is 1.96 bits per heavy atom. The molecule has 0 aliphatic carbocycles. The van der Waals surface area contributed by atoms with Gasteiger partial charge in [0, 0.05) is 12.1 Å². The number of phenols is 3. The van der Waals surface area contributed by atoms with E-state index in [-0.39, 0.29) is 40.8 Å². The van der Waals surface area contributed by atoms with Crippen LogP contribution in [0.2, 0.25) is 0 Å². The molecule has 6 heteroatoms. The lowest BCUT2D eigenvalue weighted by atomic mass is 9.95. The molecule has 0 spiro atoms. The number of carbonyl (C=O) groups is 1. The van der Waals surface area contributed by atoms with Crippen molar-refractivity contribution in [1.29, 1.82) is 0 Å². The fraction of sp³-hybridized carbons (Fsp3) is 0.235. The van der Waals surface area contributed by atoms with Gasteiger partial charge in [0.2, 0.25) is 0 Å². The third kappa shape index (κ3) is 2.75. The minimum atomic E-state index is -0.587. The summed E-state index contributed by atoms with van der Waals surface area (Å²) in [5.41, 5.74) is 0.732. The fourth-order valence-electron chi connectivity index (χ4n) is 2.61. The molecule has 2 aromatic carbocycles. The summed E-state index contributed by atoms with van der Waals surface area (Å²) in [4.78, 5) is 12.3. The third-order valence-electron chi connectivity index (χ3n) is 3.64. The third-order valence-corrected chi connectivity index (χ3v) is 3.64. The van der Waals surface area contributed by atoms with Gasteiger partial charge in [0.15, 0.2) is 17.3 Å². The molecule has 3 N–H and O–H groups in total. The van der Waals surface area contributed by atoms with Gasteiger partial charge in [-0.15, -0.1) is 0 Å². The van der Waals surface area contributed by atoms with Crippen LogP contribution in [0.15, 0.2) is 30.3 Å². The molecule has 6 nitrogen and oxygen atoms in total. The second kappa shape index (κ2) is 5.72. The van der Waals surface area contributed by atoms with Crippen molar-refractivity contribution >= 4 is 5.78 Å². The predicted molar refractivity (Wildman–Crippen MR) is 81.4 cm³/mol. The number of aromatic hydroxyl groups is 3. The van der Waals surface area contributed by atoms with Crippen molar-refractivity contribution in [2.45, 2.75) is 19.4 Å². The summed E-state index contributed by atoms with van der Waals surface area (Å²) in [6.45, 7) is 2.20. The van der Waals surface area contributed by atoms with Crippen molar-refractivity contribution in [3.05, 3.63) is 41.5 Å². The van der Waals surface area contributed by atoms with Gasteiger partial charge in [-0.05, 0) is 24.6 Å². The molecular formula is C17H16O6. The van der Waals surface area contributed by atoms with Crippen molar-refractivity contribution in [2.24, 2.45) is 0 Å². The molecule has 0 radical (unpaired) electrons. The van der Waals surface area contributed by atoms with Crippen LogP contribution >= 0.6 is 0 Å². The molecule has 0 saturated carbocycles. The summed E-state index contributed by atoms with van der Waals surface area (Å²) >= 11 is 0. The van der Waals surface area contributed by atoms with E-state index in [1.165, 1.54) is 12.1 Å². The Morgan fingerprint density at radius 1 is 1.17 bits per heavy atom.